The highest BCUT2D eigenvalue weighted by atomic mass is 16.5. The van der Waals surface area contributed by atoms with Crippen molar-refractivity contribution in [1.29, 1.82) is 0 Å². The molecule has 0 radical (unpaired) electrons. The molecule has 2 unspecified atom stereocenters. The van der Waals surface area contributed by atoms with E-state index in [2.05, 4.69) is 29.6 Å². The lowest BCUT2D eigenvalue weighted by molar-refractivity contribution is -0.122. The molecule has 1 aliphatic rings. The lowest BCUT2D eigenvalue weighted by Crippen LogP contribution is -2.21. The zero-order chi connectivity index (χ0) is 18.0. The zero-order valence-electron chi connectivity index (χ0n) is 14.8. The fraction of sp³-hybridized carbons (Fsp3) is 0.421. The molecule has 1 heterocycles. The first-order chi connectivity index (χ1) is 12.0. The van der Waals surface area contributed by atoms with Gasteiger partial charge in [-0.3, -0.25) is 9.59 Å². The summed E-state index contributed by atoms with van der Waals surface area (Å²) in [4.78, 5) is 24.8. The third-order valence-corrected chi connectivity index (χ3v) is 4.59. The molecule has 1 aliphatic carbocycles. The van der Waals surface area contributed by atoms with Crippen molar-refractivity contribution in [1.82, 2.24) is 5.16 Å². The van der Waals surface area contributed by atoms with E-state index in [1.165, 1.54) is 0 Å². The van der Waals surface area contributed by atoms with Crippen molar-refractivity contribution < 1.29 is 14.1 Å². The van der Waals surface area contributed by atoms with Gasteiger partial charge < -0.3 is 15.2 Å². The average Bonchev–Trinajstić information content (AvgIpc) is 3.32. The molecule has 2 atom stereocenters. The molecule has 0 bridgehead atoms. The molecule has 1 saturated carbocycles. The number of amides is 2. The van der Waals surface area contributed by atoms with E-state index in [1.807, 2.05) is 18.2 Å². The molecule has 1 fully saturated rings. The maximum absolute atomic E-state index is 12.6. The number of aromatic nitrogens is 1. The minimum Gasteiger partial charge on any atom is -0.360 e. The van der Waals surface area contributed by atoms with Gasteiger partial charge in [-0.1, -0.05) is 37.2 Å². The van der Waals surface area contributed by atoms with Crippen molar-refractivity contribution in [2.45, 2.75) is 40.0 Å². The van der Waals surface area contributed by atoms with Gasteiger partial charge in [0.1, 0.15) is 5.76 Å². The summed E-state index contributed by atoms with van der Waals surface area (Å²) < 4.78 is 4.93. The van der Waals surface area contributed by atoms with Crippen LogP contribution in [-0.4, -0.2) is 17.0 Å². The number of hydrogen-bond donors (Lipinski definition) is 2. The van der Waals surface area contributed by atoms with Gasteiger partial charge in [-0.2, -0.15) is 0 Å². The molecule has 132 valence electrons. The van der Waals surface area contributed by atoms with Crippen molar-refractivity contribution in [3.8, 4) is 0 Å². The molecule has 1 aromatic carbocycles. The van der Waals surface area contributed by atoms with E-state index in [-0.39, 0.29) is 23.7 Å². The van der Waals surface area contributed by atoms with Crippen molar-refractivity contribution in [2.75, 3.05) is 10.6 Å². The normalized spacial score (nSPS) is 18.7. The van der Waals surface area contributed by atoms with Crippen LogP contribution in [0.3, 0.4) is 0 Å². The van der Waals surface area contributed by atoms with E-state index < -0.39 is 0 Å². The number of rotatable bonds is 6. The summed E-state index contributed by atoms with van der Waals surface area (Å²) in [5, 5.41) is 9.48. The SMILES string of the molecule is CCc1cccc(CC)c1NC(=O)C1CC1C(=O)Nc1cc(C)on1. The smallest absolute Gasteiger partial charge is 0.229 e. The Morgan fingerprint density at radius 3 is 2.24 bits per heavy atom. The molecule has 0 saturated heterocycles. The minimum absolute atomic E-state index is 0.0907. The summed E-state index contributed by atoms with van der Waals surface area (Å²) in [5.41, 5.74) is 3.13. The van der Waals surface area contributed by atoms with Crippen LogP contribution < -0.4 is 10.6 Å². The molecule has 6 heteroatoms. The highest BCUT2D eigenvalue weighted by Crippen LogP contribution is 2.40. The van der Waals surface area contributed by atoms with Gasteiger partial charge in [0, 0.05) is 11.8 Å². The highest BCUT2D eigenvalue weighted by Gasteiger charge is 2.48. The molecule has 1 aromatic heterocycles. The molecule has 2 aromatic rings. The minimum atomic E-state index is -0.309. The summed E-state index contributed by atoms with van der Waals surface area (Å²) >= 11 is 0. The Hall–Kier alpha value is -2.63. The van der Waals surface area contributed by atoms with Crippen LogP contribution in [0.4, 0.5) is 11.5 Å². The van der Waals surface area contributed by atoms with E-state index in [0.29, 0.717) is 18.0 Å². The fourth-order valence-corrected chi connectivity index (χ4v) is 3.04. The van der Waals surface area contributed by atoms with E-state index in [9.17, 15) is 9.59 Å². The van der Waals surface area contributed by atoms with Gasteiger partial charge in [-0.15, -0.1) is 0 Å². The molecule has 2 N–H and O–H groups in total. The van der Waals surface area contributed by atoms with Gasteiger partial charge in [0.15, 0.2) is 5.82 Å². The maximum atomic E-state index is 12.6. The first kappa shape index (κ1) is 17.2. The predicted molar refractivity (Wildman–Crippen MR) is 95.3 cm³/mol. The van der Waals surface area contributed by atoms with Crippen LogP contribution in [0, 0.1) is 18.8 Å². The van der Waals surface area contributed by atoms with Crippen LogP contribution >= 0.6 is 0 Å². The number of benzene rings is 1. The van der Waals surface area contributed by atoms with Crippen LogP contribution in [0.1, 0.15) is 37.2 Å². The summed E-state index contributed by atoms with van der Waals surface area (Å²) in [6.07, 6.45) is 2.26. The topological polar surface area (TPSA) is 84.2 Å². The molecular weight excluding hydrogens is 318 g/mol. The number of hydrogen-bond acceptors (Lipinski definition) is 4. The quantitative estimate of drug-likeness (QED) is 0.844. The second-order valence-corrected chi connectivity index (χ2v) is 6.41. The molecular formula is C19H23N3O3. The monoisotopic (exact) mass is 341 g/mol. The van der Waals surface area contributed by atoms with Crippen LogP contribution in [0.25, 0.3) is 0 Å². The van der Waals surface area contributed by atoms with Crippen molar-refractivity contribution >= 4 is 23.3 Å². The summed E-state index contributed by atoms with van der Waals surface area (Å²) in [5.74, 6) is 0.139. The van der Waals surface area contributed by atoms with Crippen molar-refractivity contribution in [2.24, 2.45) is 11.8 Å². The number of carbonyl (C=O) groups excluding carboxylic acids is 2. The largest absolute Gasteiger partial charge is 0.360 e. The third-order valence-electron chi connectivity index (χ3n) is 4.59. The second kappa shape index (κ2) is 7.09. The number of para-hydroxylation sites is 1. The maximum Gasteiger partial charge on any atom is 0.229 e. The predicted octanol–water partition coefficient (Wildman–Crippen LogP) is 3.32. The average molecular weight is 341 g/mol. The van der Waals surface area contributed by atoms with Crippen molar-refractivity contribution in [3.63, 3.8) is 0 Å². The lowest BCUT2D eigenvalue weighted by Gasteiger charge is -2.14. The summed E-state index contributed by atoms with van der Waals surface area (Å²) in [6.45, 7) is 5.89. The number of nitrogens with zero attached hydrogens (tertiary/aromatic N) is 1. The van der Waals surface area contributed by atoms with Crippen LogP contribution in [-0.2, 0) is 22.4 Å². The van der Waals surface area contributed by atoms with Crippen LogP contribution in [0.2, 0.25) is 0 Å². The Morgan fingerprint density at radius 2 is 1.72 bits per heavy atom. The summed E-state index contributed by atoms with van der Waals surface area (Å²) in [7, 11) is 0. The van der Waals surface area contributed by atoms with Gasteiger partial charge >= 0.3 is 0 Å². The summed E-state index contributed by atoms with van der Waals surface area (Å²) in [6, 6.07) is 7.72. The molecule has 0 spiro atoms. The Balaban J connectivity index is 1.63. The van der Waals surface area contributed by atoms with Crippen LogP contribution in [0.15, 0.2) is 28.8 Å². The van der Waals surface area contributed by atoms with Gasteiger partial charge in [0.05, 0.1) is 11.8 Å². The van der Waals surface area contributed by atoms with Crippen molar-refractivity contribution in [3.05, 3.63) is 41.2 Å². The zero-order valence-corrected chi connectivity index (χ0v) is 14.8. The standard InChI is InChI=1S/C19H23N3O3/c1-4-12-7-6-8-13(5-2)17(12)21-19(24)15-10-14(15)18(23)20-16-9-11(3)25-22-16/h6-9,14-15H,4-5,10H2,1-3H3,(H,21,24)(H,20,22,23). The molecule has 0 aliphatic heterocycles. The Labute approximate surface area is 147 Å². The van der Waals surface area contributed by atoms with E-state index in [4.69, 9.17) is 4.52 Å². The number of carbonyl (C=O) groups is 2. The molecule has 2 amide bonds. The van der Waals surface area contributed by atoms with Gasteiger partial charge in [-0.25, -0.2) is 0 Å². The second-order valence-electron chi connectivity index (χ2n) is 6.41. The van der Waals surface area contributed by atoms with E-state index in [1.54, 1.807) is 13.0 Å². The number of aryl methyl sites for hydroxylation is 3. The van der Waals surface area contributed by atoms with Gasteiger partial charge in [0.25, 0.3) is 0 Å². The Morgan fingerprint density at radius 1 is 1.12 bits per heavy atom. The molecule has 25 heavy (non-hydrogen) atoms. The molecule has 6 nitrogen and oxygen atoms in total. The first-order valence-electron chi connectivity index (χ1n) is 8.69. The highest BCUT2D eigenvalue weighted by molar-refractivity contribution is 6.03. The third kappa shape index (κ3) is 3.73. The molecule has 3 rings (SSSR count). The fourth-order valence-electron chi connectivity index (χ4n) is 3.04. The van der Waals surface area contributed by atoms with Gasteiger partial charge in [0.2, 0.25) is 11.8 Å². The lowest BCUT2D eigenvalue weighted by atomic mass is 10.0. The van der Waals surface area contributed by atoms with E-state index >= 15 is 0 Å². The number of anilines is 2. The first-order valence-corrected chi connectivity index (χ1v) is 8.69. The van der Waals surface area contributed by atoms with E-state index in [0.717, 1.165) is 29.7 Å². The van der Waals surface area contributed by atoms with Crippen LogP contribution in [0.5, 0.6) is 0 Å². The van der Waals surface area contributed by atoms with Gasteiger partial charge in [-0.05, 0) is 37.3 Å². The number of nitrogens with one attached hydrogen (secondary N) is 2. The Bertz CT molecular complexity index is 775. The Kier molecular flexibility index (Phi) is 4.88.